The van der Waals surface area contributed by atoms with E-state index in [1.807, 2.05) is 24.4 Å². The minimum atomic E-state index is -1.03. The van der Waals surface area contributed by atoms with Crippen molar-refractivity contribution in [2.45, 2.75) is 45.3 Å². The monoisotopic (exact) mass is 339 g/mol. The van der Waals surface area contributed by atoms with E-state index in [0.717, 1.165) is 30.4 Å². The van der Waals surface area contributed by atoms with Gasteiger partial charge in [-0.1, -0.05) is 13.0 Å². The predicted molar refractivity (Wildman–Crippen MR) is 94.7 cm³/mol. The Bertz CT molecular complexity index is 490. The average Bonchev–Trinajstić information content (AvgIpc) is 3.00. The zero-order valence-corrected chi connectivity index (χ0v) is 15.2. The van der Waals surface area contributed by atoms with Crippen LogP contribution in [0, 0.1) is 5.92 Å². The molecule has 0 aromatic carbocycles. The highest BCUT2D eigenvalue weighted by molar-refractivity contribution is 7.10. The molecule has 6 heteroatoms. The summed E-state index contributed by atoms with van der Waals surface area (Å²) in [5.41, 5.74) is -1.03. The minimum absolute atomic E-state index is 0.0898. The van der Waals surface area contributed by atoms with Gasteiger partial charge in [0.2, 0.25) is 0 Å². The SMILES string of the molecule is CC1CCCN(CC(C)NC(=O)NCC(C)(O)c2cccs2)C1. The van der Waals surface area contributed by atoms with Crippen LogP contribution in [-0.4, -0.2) is 48.3 Å². The molecule has 0 radical (unpaired) electrons. The van der Waals surface area contributed by atoms with Gasteiger partial charge in [-0.3, -0.25) is 0 Å². The highest BCUT2D eigenvalue weighted by Gasteiger charge is 2.25. The van der Waals surface area contributed by atoms with Gasteiger partial charge in [-0.25, -0.2) is 4.79 Å². The molecule has 2 rings (SSSR count). The van der Waals surface area contributed by atoms with E-state index in [4.69, 9.17) is 0 Å². The summed E-state index contributed by atoms with van der Waals surface area (Å²) in [5, 5.41) is 18.1. The van der Waals surface area contributed by atoms with Crippen LogP contribution in [0.25, 0.3) is 0 Å². The van der Waals surface area contributed by atoms with Gasteiger partial charge in [-0.2, -0.15) is 0 Å². The molecule has 3 unspecified atom stereocenters. The van der Waals surface area contributed by atoms with Gasteiger partial charge >= 0.3 is 6.03 Å². The lowest BCUT2D eigenvalue weighted by molar-refractivity contribution is 0.0629. The van der Waals surface area contributed by atoms with Crippen LogP contribution in [0.5, 0.6) is 0 Å². The molecule has 0 aliphatic carbocycles. The molecule has 2 amide bonds. The molecule has 0 saturated carbocycles. The fourth-order valence-electron chi connectivity index (χ4n) is 3.08. The summed E-state index contributed by atoms with van der Waals surface area (Å²) in [4.78, 5) is 15.3. The molecule has 2 heterocycles. The van der Waals surface area contributed by atoms with Gasteiger partial charge in [0.25, 0.3) is 0 Å². The number of carbonyl (C=O) groups is 1. The molecule has 0 spiro atoms. The topological polar surface area (TPSA) is 64.6 Å². The molecule has 1 aromatic rings. The van der Waals surface area contributed by atoms with Crippen molar-refractivity contribution in [2.24, 2.45) is 5.92 Å². The Kier molecular flexibility index (Phi) is 6.44. The van der Waals surface area contributed by atoms with Crippen molar-refractivity contribution in [1.82, 2.24) is 15.5 Å². The van der Waals surface area contributed by atoms with E-state index in [9.17, 15) is 9.90 Å². The maximum Gasteiger partial charge on any atom is 0.315 e. The number of rotatable bonds is 6. The lowest BCUT2D eigenvalue weighted by Gasteiger charge is -2.33. The van der Waals surface area contributed by atoms with Crippen LogP contribution in [-0.2, 0) is 5.60 Å². The van der Waals surface area contributed by atoms with E-state index in [1.54, 1.807) is 6.92 Å². The van der Waals surface area contributed by atoms with E-state index >= 15 is 0 Å². The third-order valence-corrected chi connectivity index (χ3v) is 5.42. The normalized spacial score (nSPS) is 23.0. The summed E-state index contributed by atoms with van der Waals surface area (Å²) in [6, 6.07) is 3.65. The van der Waals surface area contributed by atoms with E-state index in [1.165, 1.54) is 24.2 Å². The van der Waals surface area contributed by atoms with Crippen molar-refractivity contribution in [2.75, 3.05) is 26.2 Å². The highest BCUT2D eigenvalue weighted by atomic mass is 32.1. The van der Waals surface area contributed by atoms with Crippen LogP contribution in [0.1, 0.15) is 38.5 Å². The highest BCUT2D eigenvalue weighted by Crippen LogP contribution is 2.24. The fourth-order valence-corrected chi connectivity index (χ4v) is 3.87. The molecular formula is C17H29N3O2S. The van der Waals surface area contributed by atoms with Crippen LogP contribution in [0.3, 0.4) is 0 Å². The first-order chi connectivity index (χ1) is 10.9. The smallest absolute Gasteiger partial charge is 0.315 e. The summed E-state index contributed by atoms with van der Waals surface area (Å²) in [7, 11) is 0. The van der Waals surface area contributed by atoms with E-state index < -0.39 is 5.60 Å². The van der Waals surface area contributed by atoms with Gasteiger partial charge in [-0.05, 0) is 50.6 Å². The second kappa shape index (κ2) is 8.13. The fraction of sp³-hybridized carbons (Fsp3) is 0.706. The number of carbonyl (C=O) groups excluding carboxylic acids is 1. The summed E-state index contributed by atoms with van der Waals surface area (Å²) in [5.74, 6) is 0.741. The first-order valence-corrected chi connectivity index (χ1v) is 9.28. The zero-order chi connectivity index (χ0) is 16.9. The zero-order valence-electron chi connectivity index (χ0n) is 14.3. The van der Waals surface area contributed by atoms with Gasteiger partial charge in [-0.15, -0.1) is 11.3 Å². The first kappa shape index (κ1) is 18.2. The van der Waals surface area contributed by atoms with Crippen molar-refractivity contribution in [3.63, 3.8) is 0 Å². The molecule has 1 saturated heterocycles. The maximum atomic E-state index is 12.0. The Morgan fingerprint density at radius 1 is 1.61 bits per heavy atom. The van der Waals surface area contributed by atoms with Crippen LogP contribution in [0.2, 0.25) is 0 Å². The number of thiophene rings is 1. The lowest BCUT2D eigenvalue weighted by Crippen LogP contribution is -2.50. The Balaban J connectivity index is 1.71. The van der Waals surface area contributed by atoms with E-state index in [2.05, 4.69) is 22.5 Å². The number of piperidine rings is 1. The predicted octanol–water partition coefficient (Wildman–Crippen LogP) is 2.38. The maximum absolute atomic E-state index is 12.0. The number of urea groups is 1. The van der Waals surface area contributed by atoms with Crippen molar-refractivity contribution in [3.05, 3.63) is 22.4 Å². The summed E-state index contributed by atoms with van der Waals surface area (Å²) in [6.45, 7) is 9.33. The Morgan fingerprint density at radius 2 is 2.39 bits per heavy atom. The Hall–Kier alpha value is -1.11. The summed E-state index contributed by atoms with van der Waals surface area (Å²) >= 11 is 1.49. The standard InChI is InChI=1S/C17H29N3O2S/c1-13-6-4-8-20(10-13)11-14(2)19-16(21)18-12-17(3,22)15-7-5-9-23-15/h5,7,9,13-14,22H,4,6,8,10-12H2,1-3H3,(H2,18,19,21). The summed E-state index contributed by atoms with van der Waals surface area (Å²) in [6.07, 6.45) is 2.54. The van der Waals surface area contributed by atoms with Gasteiger partial charge in [0, 0.05) is 24.0 Å². The second-order valence-electron chi connectivity index (χ2n) is 6.99. The molecule has 23 heavy (non-hydrogen) atoms. The molecule has 1 fully saturated rings. The van der Waals surface area contributed by atoms with Gasteiger partial charge in [0.15, 0.2) is 0 Å². The molecule has 0 bridgehead atoms. The number of likely N-dealkylation sites (tertiary alicyclic amines) is 1. The van der Waals surface area contributed by atoms with Crippen molar-refractivity contribution >= 4 is 17.4 Å². The van der Waals surface area contributed by atoms with Crippen molar-refractivity contribution < 1.29 is 9.90 Å². The molecular weight excluding hydrogens is 310 g/mol. The van der Waals surface area contributed by atoms with Crippen molar-refractivity contribution in [1.29, 1.82) is 0 Å². The molecule has 1 aliphatic heterocycles. The van der Waals surface area contributed by atoms with Crippen LogP contribution in [0.4, 0.5) is 4.79 Å². The third kappa shape index (κ3) is 5.79. The van der Waals surface area contributed by atoms with Crippen LogP contribution in [0.15, 0.2) is 17.5 Å². The summed E-state index contributed by atoms with van der Waals surface area (Å²) < 4.78 is 0. The first-order valence-electron chi connectivity index (χ1n) is 8.40. The van der Waals surface area contributed by atoms with Gasteiger partial charge < -0.3 is 20.6 Å². The molecule has 1 aliphatic rings. The van der Waals surface area contributed by atoms with Crippen LogP contribution >= 0.6 is 11.3 Å². The number of nitrogens with one attached hydrogen (secondary N) is 2. The number of aliphatic hydroxyl groups is 1. The Morgan fingerprint density at radius 3 is 3.04 bits per heavy atom. The van der Waals surface area contributed by atoms with E-state index in [0.29, 0.717) is 0 Å². The average molecular weight is 340 g/mol. The molecule has 3 atom stereocenters. The number of hydrogen-bond acceptors (Lipinski definition) is 4. The van der Waals surface area contributed by atoms with E-state index in [-0.39, 0.29) is 18.6 Å². The quantitative estimate of drug-likeness (QED) is 0.745. The second-order valence-corrected chi connectivity index (χ2v) is 7.93. The number of nitrogens with zero attached hydrogens (tertiary/aromatic N) is 1. The lowest BCUT2D eigenvalue weighted by atomic mass is 10.00. The molecule has 5 nitrogen and oxygen atoms in total. The Labute approximate surface area is 143 Å². The number of hydrogen-bond donors (Lipinski definition) is 3. The molecule has 3 N–H and O–H groups in total. The van der Waals surface area contributed by atoms with Crippen LogP contribution < -0.4 is 10.6 Å². The minimum Gasteiger partial charge on any atom is -0.383 e. The largest absolute Gasteiger partial charge is 0.383 e. The van der Waals surface area contributed by atoms with Gasteiger partial charge in [0.05, 0.1) is 6.54 Å². The van der Waals surface area contributed by atoms with Crippen molar-refractivity contribution in [3.8, 4) is 0 Å². The third-order valence-electron chi connectivity index (χ3n) is 4.30. The van der Waals surface area contributed by atoms with Gasteiger partial charge in [0.1, 0.15) is 5.60 Å². The molecule has 1 aromatic heterocycles. The molecule has 130 valence electrons. The number of amides is 2.